The molecule has 0 aliphatic heterocycles. The Balaban J connectivity index is 2.38. The minimum absolute atomic E-state index is 0.0345. The van der Waals surface area contributed by atoms with Gasteiger partial charge in [-0.2, -0.15) is 0 Å². The molecule has 86 valence electrons. The number of amides is 1. The summed E-state index contributed by atoms with van der Waals surface area (Å²) in [7, 11) is 0. The molecule has 0 aromatic carbocycles. The third kappa shape index (κ3) is 3.56. The maximum Gasteiger partial charge on any atom is 0.261 e. The summed E-state index contributed by atoms with van der Waals surface area (Å²) in [6, 6.07) is 1.97. The van der Waals surface area contributed by atoms with Crippen LogP contribution in [0, 0.1) is 0 Å². The second-order valence-electron chi connectivity index (χ2n) is 3.19. The molecule has 1 aromatic rings. The van der Waals surface area contributed by atoms with Crippen LogP contribution in [0.15, 0.2) is 16.6 Å². The molecular formula is C10H14N4OS. The number of nitrogens with zero attached hydrogens (tertiary/aromatic N) is 3. The minimum atomic E-state index is -0.0345. The molecule has 0 saturated heterocycles. The molecule has 0 spiro atoms. The van der Waals surface area contributed by atoms with Crippen LogP contribution < -0.4 is 5.32 Å². The Labute approximate surface area is 98.1 Å². The van der Waals surface area contributed by atoms with Crippen molar-refractivity contribution >= 4 is 17.2 Å². The highest BCUT2D eigenvalue weighted by atomic mass is 32.1. The van der Waals surface area contributed by atoms with Crippen molar-refractivity contribution in [2.45, 2.75) is 19.8 Å². The lowest BCUT2D eigenvalue weighted by molar-refractivity contribution is 0.0956. The lowest BCUT2D eigenvalue weighted by Crippen LogP contribution is -2.24. The molecule has 0 unspecified atom stereocenters. The maximum absolute atomic E-state index is 11.7. The van der Waals surface area contributed by atoms with E-state index in [9.17, 15) is 4.79 Å². The molecular weight excluding hydrogens is 224 g/mol. The van der Waals surface area contributed by atoms with E-state index in [1.165, 1.54) is 11.3 Å². The highest BCUT2D eigenvalue weighted by Gasteiger charge is 2.10. The molecule has 0 atom stereocenters. The first-order chi connectivity index (χ1) is 7.79. The van der Waals surface area contributed by atoms with Gasteiger partial charge in [-0.3, -0.25) is 4.79 Å². The van der Waals surface area contributed by atoms with Crippen LogP contribution in [0.3, 0.4) is 0 Å². The maximum atomic E-state index is 11.7. The number of carbonyl (C=O) groups excluding carboxylic acids is 1. The zero-order chi connectivity index (χ0) is 11.8. The van der Waals surface area contributed by atoms with Gasteiger partial charge in [0.2, 0.25) is 0 Å². The average Bonchev–Trinajstić information content (AvgIpc) is 2.76. The van der Waals surface area contributed by atoms with Crippen LogP contribution in [-0.2, 0) is 6.42 Å². The molecule has 1 heterocycles. The molecule has 1 aromatic heterocycles. The standard InChI is InChI=1S/C10H14N4OS/c1-2-8-4-7-16-9(8)10(15)12-5-3-6-13-14-11/h4,7H,2-3,5-6H2,1H3,(H,12,15). The van der Waals surface area contributed by atoms with Crippen LogP contribution in [0.4, 0.5) is 0 Å². The fraction of sp³-hybridized carbons (Fsp3) is 0.500. The van der Waals surface area contributed by atoms with Crippen LogP contribution in [0.2, 0.25) is 0 Å². The number of azide groups is 1. The Morgan fingerprint density at radius 2 is 2.50 bits per heavy atom. The molecule has 0 aliphatic carbocycles. The van der Waals surface area contributed by atoms with Crippen molar-refractivity contribution in [1.82, 2.24) is 5.32 Å². The molecule has 0 fully saturated rings. The number of rotatable bonds is 6. The Morgan fingerprint density at radius 3 is 3.19 bits per heavy atom. The SMILES string of the molecule is CCc1ccsc1C(=O)NCCCN=[N+]=[N-]. The number of thiophene rings is 1. The quantitative estimate of drug-likeness (QED) is 0.351. The Kier molecular flexibility index (Phi) is 5.39. The van der Waals surface area contributed by atoms with Crippen LogP contribution in [0.25, 0.3) is 10.4 Å². The van der Waals surface area contributed by atoms with Gasteiger partial charge in [0.05, 0.1) is 4.88 Å². The second kappa shape index (κ2) is 6.87. The van der Waals surface area contributed by atoms with Crippen molar-refractivity contribution in [2.75, 3.05) is 13.1 Å². The van der Waals surface area contributed by atoms with Crippen LogP contribution >= 0.6 is 11.3 Å². The molecule has 6 heteroatoms. The molecule has 1 rings (SSSR count). The highest BCUT2D eigenvalue weighted by Crippen LogP contribution is 2.16. The van der Waals surface area contributed by atoms with Crippen LogP contribution in [0.1, 0.15) is 28.6 Å². The molecule has 1 amide bonds. The number of aryl methyl sites for hydroxylation is 1. The number of hydrogen-bond donors (Lipinski definition) is 1. The molecule has 0 aliphatic rings. The third-order valence-corrected chi connectivity index (χ3v) is 3.07. The predicted octanol–water partition coefficient (Wildman–Crippen LogP) is 2.74. The van der Waals surface area contributed by atoms with Gasteiger partial charge in [-0.05, 0) is 35.4 Å². The molecule has 0 saturated carbocycles. The van der Waals surface area contributed by atoms with Gasteiger partial charge in [0, 0.05) is 18.0 Å². The summed E-state index contributed by atoms with van der Waals surface area (Å²) in [5.74, 6) is -0.0345. The van der Waals surface area contributed by atoms with E-state index in [1.807, 2.05) is 18.4 Å². The average molecular weight is 238 g/mol. The van der Waals surface area contributed by atoms with Crippen molar-refractivity contribution in [1.29, 1.82) is 0 Å². The van der Waals surface area contributed by atoms with Crippen molar-refractivity contribution in [3.8, 4) is 0 Å². The van der Waals surface area contributed by atoms with Gasteiger partial charge in [0.1, 0.15) is 0 Å². The third-order valence-electron chi connectivity index (χ3n) is 2.12. The summed E-state index contributed by atoms with van der Waals surface area (Å²) in [4.78, 5) is 15.1. The smallest absolute Gasteiger partial charge is 0.261 e. The van der Waals surface area contributed by atoms with E-state index in [1.54, 1.807) is 0 Å². The summed E-state index contributed by atoms with van der Waals surface area (Å²) in [6.45, 7) is 2.99. The van der Waals surface area contributed by atoms with Crippen molar-refractivity contribution in [2.24, 2.45) is 5.11 Å². The summed E-state index contributed by atoms with van der Waals surface area (Å²) < 4.78 is 0. The number of nitrogens with one attached hydrogen (secondary N) is 1. The van der Waals surface area contributed by atoms with E-state index in [-0.39, 0.29) is 5.91 Å². The first kappa shape index (κ1) is 12.5. The Morgan fingerprint density at radius 1 is 1.69 bits per heavy atom. The predicted molar refractivity (Wildman–Crippen MR) is 64.7 cm³/mol. The van der Waals surface area contributed by atoms with E-state index in [2.05, 4.69) is 15.3 Å². The van der Waals surface area contributed by atoms with Crippen molar-refractivity contribution in [3.05, 3.63) is 32.3 Å². The van der Waals surface area contributed by atoms with E-state index < -0.39 is 0 Å². The number of hydrogen-bond acceptors (Lipinski definition) is 3. The van der Waals surface area contributed by atoms with Gasteiger partial charge < -0.3 is 5.32 Å². The van der Waals surface area contributed by atoms with Gasteiger partial charge in [-0.25, -0.2) is 0 Å². The first-order valence-corrected chi connectivity index (χ1v) is 6.03. The fourth-order valence-electron chi connectivity index (χ4n) is 1.29. The zero-order valence-corrected chi connectivity index (χ0v) is 9.96. The van der Waals surface area contributed by atoms with Crippen molar-refractivity contribution < 1.29 is 4.79 Å². The summed E-state index contributed by atoms with van der Waals surface area (Å²) in [5, 5.41) is 8.13. The Hall–Kier alpha value is -1.52. The van der Waals surface area contributed by atoms with Gasteiger partial charge in [0.25, 0.3) is 5.91 Å². The van der Waals surface area contributed by atoms with E-state index in [0.29, 0.717) is 19.5 Å². The number of carbonyl (C=O) groups is 1. The van der Waals surface area contributed by atoms with E-state index >= 15 is 0 Å². The molecule has 0 bridgehead atoms. The van der Waals surface area contributed by atoms with Gasteiger partial charge in [0.15, 0.2) is 0 Å². The first-order valence-electron chi connectivity index (χ1n) is 5.15. The molecule has 16 heavy (non-hydrogen) atoms. The van der Waals surface area contributed by atoms with Gasteiger partial charge in [-0.1, -0.05) is 12.0 Å². The fourth-order valence-corrected chi connectivity index (χ4v) is 2.20. The lowest BCUT2D eigenvalue weighted by atomic mass is 10.2. The molecule has 5 nitrogen and oxygen atoms in total. The van der Waals surface area contributed by atoms with Gasteiger partial charge >= 0.3 is 0 Å². The summed E-state index contributed by atoms with van der Waals surface area (Å²) in [6.07, 6.45) is 1.54. The largest absolute Gasteiger partial charge is 0.351 e. The lowest BCUT2D eigenvalue weighted by Gasteiger charge is -2.03. The van der Waals surface area contributed by atoms with Gasteiger partial charge in [-0.15, -0.1) is 11.3 Å². The van der Waals surface area contributed by atoms with Crippen LogP contribution in [-0.4, -0.2) is 19.0 Å². The second-order valence-corrected chi connectivity index (χ2v) is 4.11. The monoisotopic (exact) mass is 238 g/mol. The van der Waals surface area contributed by atoms with Crippen molar-refractivity contribution in [3.63, 3.8) is 0 Å². The molecule has 1 N–H and O–H groups in total. The summed E-state index contributed by atoms with van der Waals surface area (Å²) >= 11 is 1.46. The normalized spacial score (nSPS) is 9.56. The van der Waals surface area contributed by atoms with E-state index in [0.717, 1.165) is 16.9 Å². The molecule has 0 radical (unpaired) electrons. The summed E-state index contributed by atoms with van der Waals surface area (Å²) in [5.41, 5.74) is 9.15. The van der Waals surface area contributed by atoms with E-state index in [4.69, 9.17) is 5.53 Å². The minimum Gasteiger partial charge on any atom is -0.351 e. The topological polar surface area (TPSA) is 77.9 Å². The highest BCUT2D eigenvalue weighted by molar-refractivity contribution is 7.12. The van der Waals surface area contributed by atoms with Crippen LogP contribution in [0.5, 0.6) is 0 Å². The zero-order valence-electron chi connectivity index (χ0n) is 9.14. The Bertz CT molecular complexity index is 395.